The molecule has 0 bridgehead atoms. The van der Waals surface area contributed by atoms with E-state index in [1.54, 1.807) is 13.1 Å². The van der Waals surface area contributed by atoms with E-state index >= 15 is 0 Å². The predicted octanol–water partition coefficient (Wildman–Crippen LogP) is 0.551. The number of carbonyl (C=O) groups excluding carboxylic acids is 1. The Labute approximate surface area is 88.4 Å². The van der Waals surface area contributed by atoms with Crippen molar-refractivity contribution in [2.45, 2.75) is 33.0 Å². The highest BCUT2D eigenvalue weighted by molar-refractivity contribution is 5.90. The molecule has 5 nitrogen and oxygen atoms in total. The van der Waals surface area contributed by atoms with Crippen LogP contribution >= 0.6 is 0 Å². The van der Waals surface area contributed by atoms with E-state index < -0.39 is 0 Å². The number of nitrogens with zero attached hydrogens (tertiary/aromatic N) is 2. The number of nitrogens with one attached hydrogen (secondary N) is 1. The van der Waals surface area contributed by atoms with Gasteiger partial charge >= 0.3 is 5.97 Å². The molecule has 1 N–H and O–H groups in total. The molecule has 2 heterocycles. The van der Waals surface area contributed by atoms with Crippen molar-refractivity contribution in [1.29, 1.82) is 0 Å². The summed E-state index contributed by atoms with van der Waals surface area (Å²) in [7, 11) is 0. The predicted molar refractivity (Wildman–Crippen MR) is 54.5 cm³/mol. The summed E-state index contributed by atoms with van der Waals surface area (Å²) in [5, 5.41) is 7.48. The summed E-state index contributed by atoms with van der Waals surface area (Å²) >= 11 is 0. The first-order valence-corrected chi connectivity index (χ1v) is 5.17. The zero-order chi connectivity index (χ0) is 10.8. The van der Waals surface area contributed by atoms with E-state index in [0.717, 1.165) is 12.2 Å². The van der Waals surface area contributed by atoms with Gasteiger partial charge in [-0.3, -0.25) is 4.68 Å². The molecule has 0 saturated heterocycles. The van der Waals surface area contributed by atoms with Crippen LogP contribution in [-0.2, 0) is 17.8 Å². The number of rotatable bonds is 2. The molecule has 0 spiro atoms. The molecule has 15 heavy (non-hydrogen) atoms. The van der Waals surface area contributed by atoms with E-state index in [2.05, 4.69) is 17.3 Å². The van der Waals surface area contributed by atoms with Crippen LogP contribution in [0.15, 0.2) is 6.20 Å². The molecule has 1 aliphatic heterocycles. The molecule has 2 rings (SSSR count). The average molecular weight is 209 g/mol. The maximum atomic E-state index is 11.6. The van der Waals surface area contributed by atoms with E-state index in [1.165, 1.54) is 0 Å². The molecular weight excluding hydrogens is 194 g/mol. The van der Waals surface area contributed by atoms with Gasteiger partial charge in [0.05, 0.1) is 25.0 Å². The summed E-state index contributed by atoms with van der Waals surface area (Å²) in [4.78, 5) is 11.6. The third kappa shape index (κ3) is 1.87. The first kappa shape index (κ1) is 10.2. The van der Waals surface area contributed by atoms with E-state index in [1.807, 2.05) is 4.68 Å². The molecule has 1 atom stereocenters. The van der Waals surface area contributed by atoms with Gasteiger partial charge in [0.1, 0.15) is 5.56 Å². The molecule has 0 amide bonds. The number of ether oxygens (including phenoxy) is 1. The highest BCUT2D eigenvalue weighted by Gasteiger charge is 2.22. The lowest BCUT2D eigenvalue weighted by atomic mass is 10.2. The van der Waals surface area contributed by atoms with Crippen LogP contribution in [-0.4, -0.2) is 28.4 Å². The molecule has 0 radical (unpaired) electrons. The third-order valence-corrected chi connectivity index (χ3v) is 2.51. The van der Waals surface area contributed by atoms with Crippen molar-refractivity contribution in [2.75, 3.05) is 6.61 Å². The van der Waals surface area contributed by atoms with Gasteiger partial charge in [-0.1, -0.05) is 0 Å². The van der Waals surface area contributed by atoms with Crippen LogP contribution in [0.5, 0.6) is 0 Å². The zero-order valence-electron chi connectivity index (χ0n) is 8.99. The van der Waals surface area contributed by atoms with Gasteiger partial charge < -0.3 is 10.1 Å². The smallest absolute Gasteiger partial charge is 0.341 e. The number of esters is 1. The molecule has 5 heteroatoms. The van der Waals surface area contributed by atoms with Gasteiger partial charge in [0.2, 0.25) is 0 Å². The highest BCUT2D eigenvalue weighted by atomic mass is 16.5. The van der Waals surface area contributed by atoms with Crippen molar-refractivity contribution < 1.29 is 9.53 Å². The van der Waals surface area contributed by atoms with E-state index in [0.29, 0.717) is 24.8 Å². The Balaban J connectivity index is 2.24. The van der Waals surface area contributed by atoms with Crippen LogP contribution in [0.1, 0.15) is 29.9 Å². The molecule has 1 unspecified atom stereocenters. The van der Waals surface area contributed by atoms with Crippen molar-refractivity contribution in [3.8, 4) is 0 Å². The minimum absolute atomic E-state index is 0.282. The van der Waals surface area contributed by atoms with Crippen molar-refractivity contribution in [3.63, 3.8) is 0 Å². The standard InChI is InChI=1S/C10H15N3O2/c1-3-15-10(14)8-4-12-13-6-7(2)11-5-9(8)13/h4,7,11H,3,5-6H2,1-2H3. The number of fused-ring (bicyclic) bond motifs is 1. The van der Waals surface area contributed by atoms with Crippen LogP contribution in [0.25, 0.3) is 0 Å². The Hall–Kier alpha value is -1.36. The molecule has 1 aromatic rings. The summed E-state index contributed by atoms with van der Waals surface area (Å²) in [5.74, 6) is -0.282. The average Bonchev–Trinajstić information content (AvgIpc) is 2.60. The minimum atomic E-state index is -0.282. The lowest BCUT2D eigenvalue weighted by Gasteiger charge is -2.22. The molecular formula is C10H15N3O2. The second-order valence-electron chi connectivity index (χ2n) is 3.69. The summed E-state index contributed by atoms with van der Waals surface area (Å²) in [6, 6.07) is 0.396. The fourth-order valence-corrected chi connectivity index (χ4v) is 1.73. The minimum Gasteiger partial charge on any atom is -0.462 e. The monoisotopic (exact) mass is 209 g/mol. The maximum absolute atomic E-state index is 11.6. The largest absolute Gasteiger partial charge is 0.462 e. The lowest BCUT2D eigenvalue weighted by molar-refractivity contribution is 0.0524. The number of carbonyl (C=O) groups is 1. The van der Waals surface area contributed by atoms with Gasteiger partial charge in [0.15, 0.2) is 0 Å². The van der Waals surface area contributed by atoms with Crippen molar-refractivity contribution in [2.24, 2.45) is 0 Å². The van der Waals surface area contributed by atoms with E-state index in [-0.39, 0.29) is 5.97 Å². The Morgan fingerprint density at radius 1 is 1.80 bits per heavy atom. The SMILES string of the molecule is CCOC(=O)c1cnn2c1CNC(C)C2. The van der Waals surface area contributed by atoms with Gasteiger partial charge in [0.25, 0.3) is 0 Å². The van der Waals surface area contributed by atoms with Gasteiger partial charge in [0, 0.05) is 12.6 Å². The molecule has 0 saturated carbocycles. The maximum Gasteiger partial charge on any atom is 0.341 e. The molecule has 1 aliphatic rings. The van der Waals surface area contributed by atoms with Gasteiger partial charge in [-0.15, -0.1) is 0 Å². The summed E-state index contributed by atoms with van der Waals surface area (Å²) in [5.41, 5.74) is 1.50. The number of hydrogen-bond acceptors (Lipinski definition) is 4. The fourth-order valence-electron chi connectivity index (χ4n) is 1.73. The normalized spacial score (nSPS) is 19.7. The molecule has 82 valence electrons. The first-order valence-electron chi connectivity index (χ1n) is 5.17. The first-order chi connectivity index (χ1) is 7.22. The van der Waals surface area contributed by atoms with Crippen LogP contribution in [0, 0.1) is 0 Å². The summed E-state index contributed by atoms with van der Waals surface area (Å²) in [6.45, 7) is 5.76. The van der Waals surface area contributed by atoms with E-state index in [9.17, 15) is 4.79 Å². The number of hydrogen-bond donors (Lipinski definition) is 1. The molecule has 0 aromatic carbocycles. The third-order valence-electron chi connectivity index (χ3n) is 2.51. The summed E-state index contributed by atoms with van der Waals surface area (Å²) < 4.78 is 6.83. The van der Waals surface area contributed by atoms with Crippen molar-refractivity contribution in [3.05, 3.63) is 17.5 Å². The van der Waals surface area contributed by atoms with Gasteiger partial charge in [-0.25, -0.2) is 4.79 Å². The number of aromatic nitrogens is 2. The summed E-state index contributed by atoms with van der Waals surface area (Å²) in [6.07, 6.45) is 1.59. The second-order valence-corrected chi connectivity index (χ2v) is 3.69. The Morgan fingerprint density at radius 3 is 3.33 bits per heavy atom. The lowest BCUT2D eigenvalue weighted by Crippen LogP contribution is -2.37. The van der Waals surface area contributed by atoms with Crippen molar-refractivity contribution in [1.82, 2.24) is 15.1 Å². The zero-order valence-corrected chi connectivity index (χ0v) is 8.99. The topological polar surface area (TPSA) is 56.1 Å². The van der Waals surface area contributed by atoms with Crippen LogP contribution in [0.2, 0.25) is 0 Å². The Kier molecular flexibility index (Phi) is 2.73. The second kappa shape index (κ2) is 4.02. The molecule has 0 aliphatic carbocycles. The van der Waals surface area contributed by atoms with Crippen LogP contribution < -0.4 is 5.32 Å². The molecule has 1 aromatic heterocycles. The Morgan fingerprint density at radius 2 is 2.60 bits per heavy atom. The Bertz CT molecular complexity index is 373. The molecule has 0 fully saturated rings. The van der Waals surface area contributed by atoms with Crippen LogP contribution in [0.3, 0.4) is 0 Å². The van der Waals surface area contributed by atoms with Crippen LogP contribution in [0.4, 0.5) is 0 Å². The van der Waals surface area contributed by atoms with E-state index in [4.69, 9.17) is 4.74 Å². The van der Waals surface area contributed by atoms with Crippen molar-refractivity contribution >= 4 is 5.97 Å². The van der Waals surface area contributed by atoms with Gasteiger partial charge in [-0.2, -0.15) is 5.10 Å². The fraction of sp³-hybridized carbons (Fsp3) is 0.600. The highest BCUT2D eigenvalue weighted by Crippen LogP contribution is 2.14. The van der Waals surface area contributed by atoms with Gasteiger partial charge in [-0.05, 0) is 13.8 Å². The quantitative estimate of drug-likeness (QED) is 0.723.